The first kappa shape index (κ1) is 21.1. The maximum Gasteiger partial charge on any atom is 0.342 e. The monoisotopic (exact) mass is 449 g/mol. The average molecular weight is 449 g/mol. The quantitative estimate of drug-likeness (QED) is 0.334. The molecule has 0 radical (unpaired) electrons. The lowest BCUT2D eigenvalue weighted by molar-refractivity contribution is -0.385. The van der Waals surface area contributed by atoms with Gasteiger partial charge in [-0.3, -0.25) is 29.8 Å². The first-order valence-corrected chi connectivity index (χ1v) is 9.14. The number of nitro benzene ring substituents is 2. The van der Waals surface area contributed by atoms with Gasteiger partial charge in [0, 0.05) is 18.2 Å². The number of non-ortho nitro benzene ring substituents is 1. The number of amides is 2. The van der Waals surface area contributed by atoms with Crippen LogP contribution in [0.3, 0.4) is 0 Å². The molecular formula is C21H11N3O9. The van der Waals surface area contributed by atoms with Crippen LogP contribution in [0, 0.1) is 20.2 Å². The molecule has 1 aliphatic rings. The van der Waals surface area contributed by atoms with Gasteiger partial charge in [-0.15, -0.1) is 0 Å². The van der Waals surface area contributed by atoms with E-state index in [1.54, 1.807) is 0 Å². The first-order valence-electron chi connectivity index (χ1n) is 9.14. The summed E-state index contributed by atoms with van der Waals surface area (Å²) in [6, 6.07) is 12.2. The predicted molar refractivity (Wildman–Crippen MR) is 111 cm³/mol. The van der Waals surface area contributed by atoms with Crippen LogP contribution < -0.4 is 9.64 Å². The van der Waals surface area contributed by atoms with Gasteiger partial charge in [-0.1, -0.05) is 0 Å². The lowest BCUT2D eigenvalue weighted by Crippen LogP contribution is -2.29. The van der Waals surface area contributed by atoms with Crippen LogP contribution in [-0.4, -0.2) is 32.7 Å². The Morgan fingerprint density at radius 3 is 2.06 bits per heavy atom. The number of hydrogen-bond acceptors (Lipinski definition) is 8. The first-order chi connectivity index (χ1) is 15.7. The molecule has 1 aliphatic heterocycles. The second-order valence-corrected chi connectivity index (χ2v) is 6.77. The van der Waals surface area contributed by atoms with Crippen LogP contribution >= 0.6 is 0 Å². The molecular weight excluding hydrogens is 438 g/mol. The van der Waals surface area contributed by atoms with Crippen molar-refractivity contribution in [3.8, 4) is 11.5 Å². The molecule has 33 heavy (non-hydrogen) atoms. The Balaban J connectivity index is 1.65. The highest BCUT2D eigenvalue weighted by Gasteiger charge is 2.38. The third kappa shape index (κ3) is 3.72. The second kappa shape index (κ2) is 7.85. The van der Waals surface area contributed by atoms with Gasteiger partial charge in [0.05, 0.1) is 26.7 Å². The summed E-state index contributed by atoms with van der Waals surface area (Å²) in [5.41, 5.74) is -1.63. The van der Waals surface area contributed by atoms with Crippen molar-refractivity contribution in [1.82, 2.24) is 0 Å². The van der Waals surface area contributed by atoms with Crippen molar-refractivity contribution in [2.24, 2.45) is 0 Å². The van der Waals surface area contributed by atoms with Gasteiger partial charge in [0.2, 0.25) is 0 Å². The van der Waals surface area contributed by atoms with Crippen molar-refractivity contribution < 1.29 is 34.1 Å². The van der Waals surface area contributed by atoms with E-state index in [4.69, 9.17) is 9.84 Å². The summed E-state index contributed by atoms with van der Waals surface area (Å²) in [4.78, 5) is 58.1. The average Bonchev–Trinajstić information content (AvgIpc) is 3.03. The number of carbonyl (C=O) groups excluding carboxylic acids is 2. The molecule has 12 heteroatoms. The lowest BCUT2D eigenvalue weighted by Gasteiger charge is -2.14. The normalized spacial score (nSPS) is 12.4. The number of rotatable bonds is 6. The number of benzene rings is 3. The van der Waals surface area contributed by atoms with Crippen LogP contribution in [0.5, 0.6) is 11.5 Å². The fraction of sp³-hybridized carbons (Fsp3) is 0. The maximum absolute atomic E-state index is 12.9. The lowest BCUT2D eigenvalue weighted by atomic mass is 10.1. The van der Waals surface area contributed by atoms with E-state index < -0.39 is 38.9 Å². The number of anilines is 1. The Hall–Kier alpha value is -5.13. The van der Waals surface area contributed by atoms with E-state index in [1.807, 2.05) is 0 Å². The standard InChI is InChI=1S/C21H11N3O9/c25-19-15-8-6-14(33-13-4-1-11(2-5-13)23(29)30)10-17(15)20(26)22(19)12-3-7-16(21(27)28)18(9-12)24(31)32/h1-10H,(H,27,28). The fourth-order valence-corrected chi connectivity index (χ4v) is 3.28. The molecule has 164 valence electrons. The largest absolute Gasteiger partial charge is 0.477 e. The molecule has 0 aliphatic carbocycles. The summed E-state index contributed by atoms with van der Waals surface area (Å²) in [5, 5.41) is 31.1. The van der Waals surface area contributed by atoms with E-state index in [-0.39, 0.29) is 34.0 Å². The molecule has 3 aromatic rings. The number of nitrogens with zero attached hydrogens (tertiary/aromatic N) is 3. The molecule has 1 heterocycles. The molecule has 0 unspecified atom stereocenters. The number of fused-ring (bicyclic) bond motifs is 1. The molecule has 3 aromatic carbocycles. The number of aromatic carboxylic acids is 1. The number of nitro groups is 2. The molecule has 2 amide bonds. The van der Waals surface area contributed by atoms with Crippen LogP contribution in [0.25, 0.3) is 0 Å². The minimum absolute atomic E-state index is 0.0237. The summed E-state index contributed by atoms with van der Waals surface area (Å²) in [5.74, 6) is -2.61. The molecule has 0 spiro atoms. The van der Waals surface area contributed by atoms with Gasteiger partial charge in [-0.25, -0.2) is 9.69 Å². The molecule has 0 saturated heterocycles. The summed E-state index contributed by atoms with van der Waals surface area (Å²) in [6.07, 6.45) is 0. The summed E-state index contributed by atoms with van der Waals surface area (Å²) in [7, 11) is 0. The van der Waals surface area contributed by atoms with E-state index >= 15 is 0 Å². The smallest absolute Gasteiger partial charge is 0.342 e. The summed E-state index contributed by atoms with van der Waals surface area (Å²) < 4.78 is 5.60. The van der Waals surface area contributed by atoms with Gasteiger partial charge in [0.1, 0.15) is 17.1 Å². The zero-order valence-corrected chi connectivity index (χ0v) is 16.3. The highest BCUT2D eigenvalue weighted by atomic mass is 16.6. The van der Waals surface area contributed by atoms with Crippen molar-refractivity contribution in [2.75, 3.05) is 4.90 Å². The number of carboxylic acid groups (broad SMARTS) is 1. The Kier molecular flexibility index (Phi) is 5.02. The minimum Gasteiger partial charge on any atom is -0.477 e. The van der Waals surface area contributed by atoms with Crippen molar-refractivity contribution in [2.45, 2.75) is 0 Å². The third-order valence-electron chi connectivity index (χ3n) is 4.81. The summed E-state index contributed by atoms with van der Waals surface area (Å²) in [6.45, 7) is 0. The van der Waals surface area contributed by atoms with E-state index in [2.05, 4.69) is 0 Å². The third-order valence-corrected chi connectivity index (χ3v) is 4.81. The molecule has 0 atom stereocenters. The Labute approximate surface area is 183 Å². The number of imide groups is 1. The van der Waals surface area contributed by atoms with Crippen LogP contribution in [-0.2, 0) is 0 Å². The Morgan fingerprint density at radius 2 is 1.45 bits per heavy atom. The van der Waals surface area contributed by atoms with Gasteiger partial charge in [-0.05, 0) is 42.5 Å². The van der Waals surface area contributed by atoms with Gasteiger partial charge in [-0.2, -0.15) is 0 Å². The highest BCUT2D eigenvalue weighted by Crippen LogP contribution is 2.34. The van der Waals surface area contributed by atoms with E-state index in [1.165, 1.54) is 42.5 Å². The maximum atomic E-state index is 12.9. The number of hydrogen-bond donors (Lipinski definition) is 1. The predicted octanol–water partition coefficient (Wildman–Crippen LogP) is 3.79. The van der Waals surface area contributed by atoms with Crippen LogP contribution in [0.1, 0.15) is 31.1 Å². The molecule has 0 saturated carbocycles. The second-order valence-electron chi connectivity index (χ2n) is 6.77. The van der Waals surface area contributed by atoms with Gasteiger partial charge in [0.15, 0.2) is 0 Å². The summed E-state index contributed by atoms with van der Waals surface area (Å²) >= 11 is 0. The van der Waals surface area contributed by atoms with Crippen molar-refractivity contribution in [3.05, 3.63) is 97.6 Å². The van der Waals surface area contributed by atoms with Crippen LogP contribution in [0.15, 0.2) is 60.7 Å². The SMILES string of the molecule is O=C(O)c1ccc(N2C(=O)c3ccc(Oc4ccc([N+](=O)[O-])cc4)cc3C2=O)cc1[N+](=O)[O-]. The minimum atomic E-state index is -1.52. The molecule has 0 bridgehead atoms. The number of ether oxygens (including phenoxy) is 1. The fourth-order valence-electron chi connectivity index (χ4n) is 3.28. The number of carbonyl (C=O) groups is 3. The van der Waals surface area contributed by atoms with Crippen molar-refractivity contribution in [3.63, 3.8) is 0 Å². The van der Waals surface area contributed by atoms with E-state index in [0.29, 0.717) is 4.90 Å². The molecule has 1 N–H and O–H groups in total. The molecule has 0 fully saturated rings. The van der Waals surface area contributed by atoms with E-state index in [0.717, 1.165) is 18.2 Å². The topological polar surface area (TPSA) is 170 Å². The van der Waals surface area contributed by atoms with Crippen molar-refractivity contribution >= 4 is 34.8 Å². The van der Waals surface area contributed by atoms with Gasteiger partial charge >= 0.3 is 5.97 Å². The molecule has 0 aromatic heterocycles. The Bertz CT molecular complexity index is 1370. The Morgan fingerprint density at radius 1 is 0.818 bits per heavy atom. The van der Waals surface area contributed by atoms with E-state index in [9.17, 15) is 34.6 Å². The molecule has 12 nitrogen and oxygen atoms in total. The zero-order chi connectivity index (χ0) is 23.9. The highest BCUT2D eigenvalue weighted by molar-refractivity contribution is 6.34. The van der Waals surface area contributed by atoms with Crippen molar-refractivity contribution in [1.29, 1.82) is 0 Å². The zero-order valence-electron chi connectivity index (χ0n) is 16.3. The molecule has 4 rings (SSSR count). The van der Waals surface area contributed by atoms with Crippen LogP contribution in [0.2, 0.25) is 0 Å². The van der Waals surface area contributed by atoms with Gasteiger partial charge in [0.25, 0.3) is 23.2 Å². The van der Waals surface area contributed by atoms with Crippen LogP contribution in [0.4, 0.5) is 17.1 Å². The number of carboxylic acids is 1. The van der Waals surface area contributed by atoms with Gasteiger partial charge < -0.3 is 9.84 Å².